The summed E-state index contributed by atoms with van der Waals surface area (Å²) in [6, 6.07) is 22.5. The molecule has 0 saturated heterocycles. The zero-order chi connectivity index (χ0) is 18.6. The number of hydrogen-bond acceptors (Lipinski definition) is 0. The van der Waals surface area contributed by atoms with Crippen LogP contribution < -0.4 is 0 Å². The molecule has 1 fully saturated rings. The van der Waals surface area contributed by atoms with Crippen LogP contribution in [0.5, 0.6) is 0 Å². The Labute approximate surface area is 162 Å². The fraction of sp³-hybridized carbons (Fsp3) is 0.308. The average molecular weight is 358 g/mol. The Kier molecular flexibility index (Phi) is 5.38. The highest BCUT2D eigenvalue weighted by atomic mass is 19.1. The van der Waals surface area contributed by atoms with E-state index in [1.807, 2.05) is 12.1 Å². The first kappa shape index (κ1) is 18.0. The first-order chi connectivity index (χ1) is 13.2. The van der Waals surface area contributed by atoms with E-state index in [-0.39, 0.29) is 5.82 Å². The van der Waals surface area contributed by atoms with Crippen LogP contribution in [0.25, 0.3) is 22.3 Å². The highest BCUT2D eigenvalue weighted by molar-refractivity contribution is 5.71. The van der Waals surface area contributed by atoms with E-state index in [2.05, 4.69) is 55.5 Å². The normalized spacial score (nSPS) is 15.0. The van der Waals surface area contributed by atoms with E-state index >= 15 is 0 Å². The van der Waals surface area contributed by atoms with E-state index in [0.29, 0.717) is 11.5 Å². The second-order valence-corrected chi connectivity index (χ2v) is 7.70. The zero-order valence-electron chi connectivity index (χ0n) is 16.0. The molecule has 27 heavy (non-hydrogen) atoms. The van der Waals surface area contributed by atoms with E-state index in [0.717, 1.165) is 23.1 Å². The lowest BCUT2D eigenvalue weighted by atomic mass is 9.83. The monoisotopic (exact) mass is 358 g/mol. The largest absolute Gasteiger partial charge is 0.206 e. The van der Waals surface area contributed by atoms with Gasteiger partial charge in [0.25, 0.3) is 0 Å². The summed E-state index contributed by atoms with van der Waals surface area (Å²) < 4.78 is 14.8. The minimum Gasteiger partial charge on any atom is -0.206 e. The SMILES string of the molecule is CCc1ccc(-c2ccc(-c3ccc(C4CCCCC4)cc3)c(F)c2)cc1. The van der Waals surface area contributed by atoms with E-state index < -0.39 is 0 Å². The van der Waals surface area contributed by atoms with Crippen molar-refractivity contribution in [2.24, 2.45) is 0 Å². The van der Waals surface area contributed by atoms with Crippen LogP contribution in [0.4, 0.5) is 4.39 Å². The summed E-state index contributed by atoms with van der Waals surface area (Å²) in [6.07, 6.45) is 7.64. The molecule has 3 aromatic carbocycles. The minimum atomic E-state index is -0.155. The standard InChI is InChI=1S/C26H27F/c1-2-19-8-10-22(11-9-19)24-16-17-25(26(27)18-24)23-14-12-21(13-15-23)20-6-4-3-5-7-20/h8-18,20H,2-7H2,1H3. The Hall–Kier alpha value is -2.41. The second-order valence-electron chi connectivity index (χ2n) is 7.70. The van der Waals surface area contributed by atoms with Gasteiger partial charge in [-0.05, 0) is 59.1 Å². The van der Waals surface area contributed by atoms with Crippen LogP contribution >= 0.6 is 0 Å². The van der Waals surface area contributed by atoms with E-state index in [1.54, 1.807) is 6.07 Å². The Morgan fingerprint density at radius 1 is 0.741 bits per heavy atom. The Balaban J connectivity index is 1.56. The molecule has 1 aliphatic carbocycles. The molecule has 0 bridgehead atoms. The molecule has 0 unspecified atom stereocenters. The van der Waals surface area contributed by atoms with E-state index in [9.17, 15) is 4.39 Å². The lowest BCUT2D eigenvalue weighted by Gasteiger charge is -2.22. The van der Waals surface area contributed by atoms with Crippen molar-refractivity contribution in [3.05, 3.63) is 83.7 Å². The van der Waals surface area contributed by atoms with Gasteiger partial charge in [-0.2, -0.15) is 0 Å². The molecule has 0 nitrogen and oxygen atoms in total. The zero-order valence-corrected chi connectivity index (χ0v) is 16.0. The van der Waals surface area contributed by atoms with Crippen molar-refractivity contribution in [2.45, 2.75) is 51.4 Å². The molecule has 0 amide bonds. The Morgan fingerprint density at radius 2 is 1.37 bits per heavy atom. The average Bonchev–Trinajstić information content (AvgIpc) is 2.74. The van der Waals surface area contributed by atoms with Gasteiger partial charge in [-0.15, -0.1) is 0 Å². The maximum absolute atomic E-state index is 14.8. The van der Waals surface area contributed by atoms with Crippen LogP contribution in [0.2, 0.25) is 0 Å². The quantitative estimate of drug-likeness (QED) is 0.447. The molecule has 0 N–H and O–H groups in total. The lowest BCUT2D eigenvalue weighted by molar-refractivity contribution is 0.443. The first-order valence-electron chi connectivity index (χ1n) is 10.2. The predicted molar refractivity (Wildman–Crippen MR) is 112 cm³/mol. The van der Waals surface area contributed by atoms with Crippen LogP contribution in [0.1, 0.15) is 56.1 Å². The lowest BCUT2D eigenvalue weighted by Crippen LogP contribution is -2.04. The maximum atomic E-state index is 14.8. The van der Waals surface area contributed by atoms with Crippen molar-refractivity contribution in [3.63, 3.8) is 0 Å². The number of halogens is 1. The highest BCUT2D eigenvalue weighted by Crippen LogP contribution is 2.34. The Bertz CT molecular complexity index is 884. The molecule has 138 valence electrons. The van der Waals surface area contributed by atoms with Gasteiger partial charge in [0, 0.05) is 5.56 Å². The second kappa shape index (κ2) is 8.08. The summed E-state index contributed by atoms with van der Waals surface area (Å²) in [5.41, 5.74) is 6.34. The summed E-state index contributed by atoms with van der Waals surface area (Å²) in [5, 5.41) is 0. The molecule has 1 heteroatoms. The highest BCUT2D eigenvalue weighted by Gasteiger charge is 2.15. The minimum absolute atomic E-state index is 0.155. The van der Waals surface area contributed by atoms with E-state index in [4.69, 9.17) is 0 Å². The van der Waals surface area contributed by atoms with Crippen molar-refractivity contribution in [2.75, 3.05) is 0 Å². The maximum Gasteiger partial charge on any atom is 0.131 e. The smallest absolute Gasteiger partial charge is 0.131 e. The third-order valence-corrected chi connectivity index (χ3v) is 5.96. The van der Waals surface area contributed by atoms with Crippen molar-refractivity contribution >= 4 is 0 Å². The summed E-state index contributed by atoms with van der Waals surface area (Å²) in [4.78, 5) is 0. The van der Waals surface area contributed by atoms with E-state index in [1.165, 1.54) is 43.2 Å². The molecule has 0 atom stereocenters. The van der Waals surface area contributed by atoms with Gasteiger partial charge in [0.05, 0.1) is 0 Å². The van der Waals surface area contributed by atoms with Gasteiger partial charge in [-0.3, -0.25) is 0 Å². The van der Waals surface area contributed by atoms with Gasteiger partial charge in [0.1, 0.15) is 5.82 Å². The van der Waals surface area contributed by atoms with Crippen LogP contribution in [-0.4, -0.2) is 0 Å². The molecule has 3 aromatic rings. The topological polar surface area (TPSA) is 0 Å². The van der Waals surface area contributed by atoms with Gasteiger partial charge in [-0.25, -0.2) is 4.39 Å². The number of rotatable bonds is 4. The van der Waals surface area contributed by atoms with Crippen molar-refractivity contribution < 1.29 is 4.39 Å². The summed E-state index contributed by atoms with van der Waals surface area (Å²) in [5.74, 6) is 0.531. The van der Waals surface area contributed by atoms with Gasteiger partial charge in [-0.1, -0.05) is 86.8 Å². The van der Waals surface area contributed by atoms with Crippen LogP contribution in [0.15, 0.2) is 66.7 Å². The number of hydrogen-bond donors (Lipinski definition) is 0. The summed E-state index contributed by atoms with van der Waals surface area (Å²) in [7, 11) is 0. The third kappa shape index (κ3) is 3.98. The van der Waals surface area contributed by atoms with Crippen molar-refractivity contribution in [1.82, 2.24) is 0 Å². The molecule has 0 aliphatic heterocycles. The van der Waals surface area contributed by atoms with Crippen molar-refractivity contribution in [3.8, 4) is 22.3 Å². The van der Waals surface area contributed by atoms with Crippen molar-refractivity contribution in [1.29, 1.82) is 0 Å². The molecule has 0 heterocycles. The van der Waals surface area contributed by atoms with Crippen LogP contribution in [-0.2, 0) is 6.42 Å². The van der Waals surface area contributed by atoms with Gasteiger partial charge in [0.2, 0.25) is 0 Å². The number of benzene rings is 3. The molecule has 0 radical (unpaired) electrons. The van der Waals surface area contributed by atoms with Gasteiger partial charge in [0.15, 0.2) is 0 Å². The van der Waals surface area contributed by atoms with Crippen LogP contribution in [0, 0.1) is 5.82 Å². The molecular weight excluding hydrogens is 331 g/mol. The fourth-order valence-electron chi connectivity index (χ4n) is 4.23. The Morgan fingerprint density at radius 3 is 2.00 bits per heavy atom. The molecule has 1 aliphatic rings. The summed E-state index contributed by atoms with van der Waals surface area (Å²) in [6.45, 7) is 2.14. The molecule has 1 saturated carbocycles. The molecule has 0 aromatic heterocycles. The molecular formula is C26H27F. The first-order valence-corrected chi connectivity index (χ1v) is 10.2. The van der Waals surface area contributed by atoms with Crippen LogP contribution in [0.3, 0.4) is 0 Å². The summed E-state index contributed by atoms with van der Waals surface area (Å²) >= 11 is 0. The molecule has 0 spiro atoms. The fourth-order valence-corrected chi connectivity index (χ4v) is 4.23. The predicted octanol–water partition coefficient (Wildman–Crippen LogP) is 7.77. The van der Waals surface area contributed by atoms with Gasteiger partial charge >= 0.3 is 0 Å². The number of aryl methyl sites for hydroxylation is 1. The van der Waals surface area contributed by atoms with Gasteiger partial charge < -0.3 is 0 Å². The third-order valence-electron chi connectivity index (χ3n) is 5.96. The molecule has 4 rings (SSSR count).